The SMILES string of the molecule is CCc1ccc(S(=O)(=O)N(CC)CC2CC2)cc1C(=O)O. The van der Waals surface area contributed by atoms with E-state index < -0.39 is 16.0 Å². The first-order valence-electron chi connectivity index (χ1n) is 7.26. The summed E-state index contributed by atoms with van der Waals surface area (Å²) in [6, 6.07) is 4.39. The number of sulfonamides is 1. The van der Waals surface area contributed by atoms with Crippen LogP contribution in [0, 0.1) is 5.92 Å². The minimum absolute atomic E-state index is 0.0691. The van der Waals surface area contributed by atoms with E-state index in [2.05, 4.69) is 0 Å². The highest BCUT2D eigenvalue weighted by Gasteiger charge is 2.31. The lowest BCUT2D eigenvalue weighted by Crippen LogP contribution is -2.33. The van der Waals surface area contributed by atoms with Crippen molar-refractivity contribution in [2.75, 3.05) is 13.1 Å². The van der Waals surface area contributed by atoms with Gasteiger partial charge in [-0.3, -0.25) is 0 Å². The molecule has 1 aliphatic rings. The molecule has 0 atom stereocenters. The van der Waals surface area contributed by atoms with Crippen molar-refractivity contribution in [3.63, 3.8) is 0 Å². The Labute approximate surface area is 125 Å². The van der Waals surface area contributed by atoms with E-state index in [0.717, 1.165) is 12.8 Å². The van der Waals surface area contributed by atoms with Crippen LogP contribution in [-0.4, -0.2) is 36.9 Å². The molecule has 0 heterocycles. The van der Waals surface area contributed by atoms with E-state index in [1.807, 2.05) is 6.92 Å². The van der Waals surface area contributed by atoms with Crippen LogP contribution in [0.2, 0.25) is 0 Å². The van der Waals surface area contributed by atoms with Crippen LogP contribution in [0.15, 0.2) is 23.1 Å². The number of carboxylic acids is 1. The first-order valence-corrected chi connectivity index (χ1v) is 8.70. The summed E-state index contributed by atoms with van der Waals surface area (Å²) in [5, 5.41) is 9.23. The molecular weight excluding hydrogens is 290 g/mol. The summed E-state index contributed by atoms with van der Waals surface area (Å²) in [5.41, 5.74) is 0.716. The molecule has 0 radical (unpaired) electrons. The second-order valence-electron chi connectivity index (χ2n) is 5.38. The molecule has 6 heteroatoms. The lowest BCUT2D eigenvalue weighted by atomic mass is 10.1. The molecular formula is C15H21NO4S. The number of nitrogens with zero attached hydrogens (tertiary/aromatic N) is 1. The fourth-order valence-electron chi connectivity index (χ4n) is 2.36. The van der Waals surface area contributed by atoms with E-state index in [1.165, 1.54) is 16.4 Å². The van der Waals surface area contributed by atoms with Gasteiger partial charge in [-0.25, -0.2) is 13.2 Å². The van der Waals surface area contributed by atoms with Gasteiger partial charge in [-0.05, 0) is 42.9 Å². The second-order valence-corrected chi connectivity index (χ2v) is 7.31. The Balaban J connectivity index is 2.38. The highest BCUT2D eigenvalue weighted by molar-refractivity contribution is 7.89. The van der Waals surface area contributed by atoms with Gasteiger partial charge in [-0.1, -0.05) is 19.9 Å². The first-order chi connectivity index (χ1) is 9.90. The van der Waals surface area contributed by atoms with Crippen molar-refractivity contribution < 1.29 is 18.3 Å². The Morgan fingerprint density at radius 2 is 2.00 bits per heavy atom. The summed E-state index contributed by atoms with van der Waals surface area (Å²) in [5.74, 6) is -0.636. The Morgan fingerprint density at radius 1 is 1.33 bits per heavy atom. The van der Waals surface area contributed by atoms with Crippen LogP contribution in [0.25, 0.3) is 0 Å². The number of rotatable bonds is 7. The molecule has 1 N–H and O–H groups in total. The molecule has 21 heavy (non-hydrogen) atoms. The average molecular weight is 311 g/mol. The summed E-state index contributed by atoms with van der Waals surface area (Å²) in [6.45, 7) is 4.58. The Kier molecular flexibility index (Phi) is 4.68. The highest BCUT2D eigenvalue weighted by atomic mass is 32.2. The van der Waals surface area contributed by atoms with Crippen LogP contribution in [0.5, 0.6) is 0 Å². The number of carbonyl (C=O) groups is 1. The predicted molar refractivity (Wildman–Crippen MR) is 79.9 cm³/mol. The van der Waals surface area contributed by atoms with E-state index in [1.54, 1.807) is 13.0 Å². The molecule has 0 bridgehead atoms. The summed E-state index contributed by atoms with van der Waals surface area (Å²) in [7, 11) is -3.62. The molecule has 0 aromatic heterocycles. The van der Waals surface area contributed by atoms with Crippen molar-refractivity contribution in [3.8, 4) is 0 Å². The van der Waals surface area contributed by atoms with Gasteiger partial charge in [0.25, 0.3) is 0 Å². The first kappa shape index (κ1) is 16.0. The summed E-state index contributed by atoms with van der Waals surface area (Å²) >= 11 is 0. The molecule has 0 aliphatic heterocycles. The lowest BCUT2D eigenvalue weighted by Gasteiger charge is -2.20. The average Bonchev–Trinajstić information content (AvgIpc) is 3.27. The summed E-state index contributed by atoms with van der Waals surface area (Å²) < 4.78 is 26.7. The van der Waals surface area contributed by atoms with Gasteiger partial charge in [0.15, 0.2) is 0 Å². The van der Waals surface area contributed by atoms with E-state index in [4.69, 9.17) is 0 Å². The predicted octanol–water partition coefficient (Wildman–Crippen LogP) is 2.37. The lowest BCUT2D eigenvalue weighted by molar-refractivity contribution is 0.0695. The maximum Gasteiger partial charge on any atom is 0.336 e. The molecule has 2 rings (SSSR count). The number of aryl methyl sites for hydroxylation is 1. The van der Waals surface area contributed by atoms with Crippen LogP contribution in [0.3, 0.4) is 0 Å². The van der Waals surface area contributed by atoms with Crippen molar-refractivity contribution >= 4 is 16.0 Å². The summed E-state index contributed by atoms with van der Waals surface area (Å²) in [6.07, 6.45) is 2.70. The van der Waals surface area contributed by atoms with Gasteiger partial charge in [0, 0.05) is 13.1 Å². The van der Waals surface area contributed by atoms with Gasteiger partial charge in [0.2, 0.25) is 10.0 Å². The molecule has 0 amide bonds. The van der Waals surface area contributed by atoms with Crippen LogP contribution in [-0.2, 0) is 16.4 Å². The van der Waals surface area contributed by atoms with E-state index in [-0.39, 0.29) is 10.5 Å². The highest BCUT2D eigenvalue weighted by Crippen LogP contribution is 2.31. The third-order valence-electron chi connectivity index (χ3n) is 3.84. The Hall–Kier alpha value is -1.40. The molecule has 0 spiro atoms. The zero-order valence-corrected chi connectivity index (χ0v) is 13.2. The van der Waals surface area contributed by atoms with Gasteiger partial charge in [-0.2, -0.15) is 4.31 Å². The molecule has 1 saturated carbocycles. The molecule has 1 aromatic carbocycles. The van der Waals surface area contributed by atoms with Crippen LogP contribution < -0.4 is 0 Å². The molecule has 5 nitrogen and oxygen atoms in total. The summed E-state index contributed by atoms with van der Waals surface area (Å²) in [4.78, 5) is 11.3. The maximum absolute atomic E-state index is 12.6. The molecule has 116 valence electrons. The van der Waals surface area contributed by atoms with Crippen molar-refractivity contribution in [1.29, 1.82) is 0 Å². The molecule has 1 aromatic rings. The molecule has 1 aliphatic carbocycles. The van der Waals surface area contributed by atoms with Gasteiger partial charge in [0.1, 0.15) is 0 Å². The zero-order chi connectivity index (χ0) is 15.6. The van der Waals surface area contributed by atoms with Crippen LogP contribution >= 0.6 is 0 Å². The number of carboxylic acid groups (broad SMARTS) is 1. The molecule has 0 saturated heterocycles. The number of hydrogen-bond donors (Lipinski definition) is 1. The van der Waals surface area contributed by atoms with Crippen LogP contribution in [0.4, 0.5) is 0 Å². The van der Waals surface area contributed by atoms with E-state index in [9.17, 15) is 18.3 Å². The Bertz CT molecular complexity index is 635. The minimum Gasteiger partial charge on any atom is -0.478 e. The smallest absolute Gasteiger partial charge is 0.336 e. The minimum atomic E-state index is -3.62. The van der Waals surface area contributed by atoms with Crippen molar-refractivity contribution in [1.82, 2.24) is 4.31 Å². The standard InChI is InChI=1S/C15H21NO4S/c1-3-12-7-8-13(9-14(12)15(17)18)21(19,20)16(4-2)10-11-5-6-11/h7-9,11H,3-6,10H2,1-2H3,(H,17,18). The maximum atomic E-state index is 12.6. The molecule has 0 unspecified atom stereocenters. The van der Waals surface area contributed by atoms with Gasteiger partial charge in [-0.15, -0.1) is 0 Å². The number of aromatic carboxylic acids is 1. The molecule has 1 fully saturated rings. The van der Waals surface area contributed by atoms with E-state index in [0.29, 0.717) is 31.0 Å². The fourth-order valence-corrected chi connectivity index (χ4v) is 3.91. The normalized spacial score (nSPS) is 15.4. The van der Waals surface area contributed by atoms with Gasteiger partial charge in [0.05, 0.1) is 10.5 Å². The topological polar surface area (TPSA) is 74.7 Å². The largest absolute Gasteiger partial charge is 0.478 e. The van der Waals surface area contributed by atoms with Crippen molar-refractivity contribution in [2.45, 2.75) is 38.0 Å². The van der Waals surface area contributed by atoms with Gasteiger partial charge < -0.3 is 5.11 Å². The quantitative estimate of drug-likeness (QED) is 0.839. The second kappa shape index (κ2) is 6.15. The van der Waals surface area contributed by atoms with Crippen LogP contribution in [0.1, 0.15) is 42.6 Å². The monoisotopic (exact) mass is 311 g/mol. The van der Waals surface area contributed by atoms with E-state index >= 15 is 0 Å². The van der Waals surface area contributed by atoms with Crippen molar-refractivity contribution in [3.05, 3.63) is 29.3 Å². The number of hydrogen-bond acceptors (Lipinski definition) is 3. The Morgan fingerprint density at radius 3 is 2.48 bits per heavy atom. The zero-order valence-electron chi connectivity index (χ0n) is 12.4. The number of benzene rings is 1. The van der Waals surface area contributed by atoms with Crippen molar-refractivity contribution in [2.24, 2.45) is 5.92 Å². The third kappa shape index (κ3) is 3.44. The van der Waals surface area contributed by atoms with Gasteiger partial charge >= 0.3 is 5.97 Å². The third-order valence-corrected chi connectivity index (χ3v) is 5.78. The fraction of sp³-hybridized carbons (Fsp3) is 0.533.